The van der Waals surface area contributed by atoms with Crippen LogP contribution in [0.3, 0.4) is 0 Å². The fraction of sp³-hybridized carbons (Fsp3) is 0.632. The van der Waals surface area contributed by atoms with Crippen LogP contribution < -0.4 is 4.74 Å². The molecular formula is C19H27NO3. The average Bonchev–Trinajstić information content (AvgIpc) is 2.54. The van der Waals surface area contributed by atoms with E-state index in [1.54, 1.807) is 7.11 Å². The number of ether oxygens (including phenoxy) is 2. The van der Waals surface area contributed by atoms with Crippen molar-refractivity contribution in [2.75, 3.05) is 27.3 Å². The molecule has 0 N–H and O–H groups in total. The third kappa shape index (κ3) is 2.74. The molecule has 0 spiro atoms. The van der Waals surface area contributed by atoms with Crippen LogP contribution >= 0.6 is 0 Å². The Morgan fingerprint density at radius 3 is 2.91 bits per heavy atom. The summed E-state index contributed by atoms with van der Waals surface area (Å²) in [5.74, 6) is 1.12. The van der Waals surface area contributed by atoms with Crippen LogP contribution in [-0.2, 0) is 21.4 Å². The van der Waals surface area contributed by atoms with E-state index in [0.717, 1.165) is 25.1 Å². The van der Waals surface area contributed by atoms with Crippen molar-refractivity contribution in [1.82, 2.24) is 4.90 Å². The minimum atomic E-state index is -0.0737. The first-order valence-electron chi connectivity index (χ1n) is 8.53. The molecule has 0 radical (unpaired) electrons. The van der Waals surface area contributed by atoms with E-state index < -0.39 is 0 Å². The van der Waals surface area contributed by atoms with Gasteiger partial charge >= 0.3 is 5.97 Å². The van der Waals surface area contributed by atoms with Gasteiger partial charge in [0.15, 0.2) is 0 Å². The number of carbonyl (C=O) groups is 1. The number of benzene rings is 1. The minimum Gasteiger partial charge on any atom is -0.497 e. The standard InChI is InChI=1S/C19H27NO3/c1-5-23-18(21)12-16-17-10-13-6-7-14(22-4)11-15(13)19(16,2)8-9-20(17)3/h6-7,11,16-17H,5,8-10,12H2,1-4H3/t16-,17?,19-/m0/s1. The Morgan fingerprint density at radius 1 is 1.43 bits per heavy atom. The summed E-state index contributed by atoms with van der Waals surface area (Å²) in [6.45, 7) is 5.70. The highest BCUT2D eigenvalue weighted by molar-refractivity contribution is 5.70. The Balaban J connectivity index is 2.01. The first-order chi connectivity index (χ1) is 11.0. The van der Waals surface area contributed by atoms with Crippen LogP contribution in [0.15, 0.2) is 18.2 Å². The van der Waals surface area contributed by atoms with Crippen LogP contribution in [0.2, 0.25) is 0 Å². The van der Waals surface area contributed by atoms with Gasteiger partial charge in [-0.1, -0.05) is 13.0 Å². The highest BCUT2D eigenvalue weighted by atomic mass is 16.5. The number of carbonyl (C=O) groups excluding carboxylic acids is 1. The van der Waals surface area contributed by atoms with E-state index in [1.807, 2.05) is 13.0 Å². The number of fused-ring (bicyclic) bond motifs is 4. The van der Waals surface area contributed by atoms with Crippen molar-refractivity contribution in [3.8, 4) is 5.75 Å². The van der Waals surface area contributed by atoms with Gasteiger partial charge in [0, 0.05) is 6.04 Å². The van der Waals surface area contributed by atoms with Crippen LogP contribution in [0.5, 0.6) is 5.75 Å². The zero-order chi connectivity index (χ0) is 16.6. The molecule has 1 aromatic rings. The molecule has 4 heteroatoms. The molecule has 126 valence electrons. The molecule has 0 saturated carbocycles. The number of piperidine rings is 1. The van der Waals surface area contributed by atoms with Crippen molar-refractivity contribution < 1.29 is 14.3 Å². The molecule has 0 amide bonds. The van der Waals surface area contributed by atoms with Crippen molar-refractivity contribution in [3.05, 3.63) is 29.3 Å². The second kappa shape index (κ2) is 6.16. The van der Waals surface area contributed by atoms with Gasteiger partial charge in [0.25, 0.3) is 0 Å². The molecule has 2 bridgehead atoms. The van der Waals surface area contributed by atoms with Gasteiger partial charge in [-0.3, -0.25) is 4.79 Å². The normalized spacial score (nSPS) is 29.7. The lowest BCUT2D eigenvalue weighted by atomic mass is 9.57. The molecule has 1 aromatic carbocycles. The van der Waals surface area contributed by atoms with E-state index in [4.69, 9.17) is 9.47 Å². The molecule has 4 nitrogen and oxygen atoms in total. The van der Waals surface area contributed by atoms with Gasteiger partial charge in [0.05, 0.1) is 20.1 Å². The molecule has 2 aliphatic rings. The number of hydrogen-bond donors (Lipinski definition) is 0. The lowest BCUT2D eigenvalue weighted by Crippen LogP contribution is -2.58. The summed E-state index contributed by atoms with van der Waals surface area (Å²) < 4.78 is 10.7. The fourth-order valence-electron chi connectivity index (χ4n) is 4.50. The second-order valence-electron chi connectivity index (χ2n) is 7.06. The van der Waals surface area contributed by atoms with E-state index in [-0.39, 0.29) is 11.4 Å². The largest absolute Gasteiger partial charge is 0.497 e. The van der Waals surface area contributed by atoms with Crippen LogP contribution in [-0.4, -0.2) is 44.2 Å². The number of likely N-dealkylation sites (tertiary alicyclic amines) is 1. The first-order valence-corrected chi connectivity index (χ1v) is 8.53. The molecule has 23 heavy (non-hydrogen) atoms. The van der Waals surface area contributed by atoms with Crippen molar-refractivity contribution in [3.63, 3.8) is 0 Å². The molecule has 1 saturated heterocycles. The average molecular weight is 317 g/mol. The minimum absolute atomic E-state index is 0.00601. The molecule has 3 rings (SSSR count). The molecule has 3 atom stereocenters. The molecule has 1 fully saturated rings. The quantitative estimate of drug-likeness (QED) is 0.801. The van der Waals surface area contributed by atoms with Crippen molar-refractivity contribution in [2.45, 2.75) is 44.6 Å². The van der Waals surface area contributed by atoms with Gasteiger partial charge in [-0.25, -0.2) is 0 Å². The number of methoxy groups -OCH3 is 1. The number of likely N-dealkylation sites (N-methyl/N-ethyl adjacent to an activating group) is 1. The van der Waals surface area contributed by atoms with Crippen LogP contribution in [0.4, 0.5) is 0 Å². The zero-order valence-electron chi connectivity index (χ0n) is 14.6. The lowest BCUT2D eigenvalue weighted by Gasteiger charge is -2.54. The van der Waals surface area contributed by atoms with Crippen LogP contribution in [0, 0.1) is 5.92 Å². The van der Waals surface area contributed by atoms with Crippen LogP contribution in [0.1, 0.15) is 37.8 Å². The van der Waals surface area contributed by atoms with Gasteiger partial charge in [0.1, 0.15) is 5.75 Å². The molecule has 0 aromatic heterocycles. The third-order valence-corrected chi connectivity index (χ3v) is 5.89. The Hall–Kier alpha value is -1.55. The Morgan fingerprint density at radius 2 is 2.22 bits per heavy atom. The molecule has 1 aliphatic carbocycles. The predicted octanol–water partition coefficient (Wildman–Crippen LogP) is 2.78. The summed E-state index contributed by atoms with van der Waals surface area (Å²) in [5.41, 5.74) is 2.76. The summed E-state index contributed by atoms with van der Waals surface area (Å²) in [6.07, 6.45) is 2.55. The van der Waals surface area contributed by atoms with Crippen molar-refractivity contribution in [1.29, 1.82) is 0 Å². The SMILES string of the molecule is CCOC(=O)C[C@H]1C2Cc3ccc(OC)cc3[C@]1(C)CCN2C. The highest BCUT2D eigenvalue weighted by Crippen LogP contribution is 2.50. The van der Waals surface area contributed by atoms with Crippen LogP contribution in [0.25, 0.3) is 0 Å². The van der Waals surface area contributed by atoms with E-state index >= 15 is 0 Å². The first kappa shape index (κ1) is 16.3. The summed E-state index contributed by atoms with van der Waals surface area (Å²) in [4.78, 5) is 14.6. The van der Waals surface area contributed by atoms with Gasteiger partial charge in [0.2, 0.25) is 0 Å². The highest BCUT2D eigenvalue weighted by Gasteiger charge is 2.50. The smallest absolute Gasteiger partial charge is 0.306 e. The fourth-order valence-corrected chi connectivity index (χ4v) is 4.50. The van der Waals surface area contributed by atoms with E-state index in [1.165, 1.54) is 11.1 Å². The third-order valence-electron chi connectivity index (χ3n) is 5.89. The van der Waals surface area contributed by atoms with Gasteiger partial charge < -0.3 is 14.4 Å². The molecule has 1 heterocycles. The zero-order valence-corrected chi connectivity index (χ0v) is 14.6. The summed E-state index contributed by atoms with van der Waals surface area (Å²) in [7, 11) is 3.89. The second-order valence-corrected chi connectivity index (χ2v) is 7.06. The van der Waals surface area contributed by atoms with Gasteiger partial charge in [-0.05, 0) is 68.0 Å². The number of rotatable bonds is 4. The van der Waals surface area contributed by atoms with E-state index in [2.05, 4.69) is 31.0 Å². The number of nitrogens with zero attached hydrogens (tertiary/aromatic N) is 1. The molecule has 1 aliphatic heterocycles. The maximum Gasteiger partial charge on any atom is 0.306 e. The van der Waals surface area contributed by atoms with Gasteiger partial charge in [-0.15, -0.1) is 0 Å². The maximum absolute atomic E-state index is 12.2. The number of esters is 1. The molecular weight excluding hydrogens is 290 g/mol. The summed E-state index contributed by atoms with van der Waals surface area (Å²) >= 11 is 0. The summed E-state index contributed by atoms with van der Waals surface area (Å²) in [6, 6.07) is 6.82. The lowest BCUT2D eigenvalue weighted by molar-refractivity contribution is -0.146. The monoisotopic (exact) mass is 317 g/mol. The molecule has 1 unspecified atom stereocenters. The number of hydrogen-bond acceptors (Lipinski definition) is 4. The maximum atomic E-state index is 12.2. The predicted molar refractivity (Wildman–Crippen MR) is 89.8 cm³/mol. The Labute approximate surface area is 138 Å². The van der Waals surface area contributed by atoms with Crippen molar-refractivity contribution >= 4 is 5.97 Å². The Kier molecular flexibility index (Phi) is 4.37. The Bertz CT molecular complexity index is 600. The summed E-state index contributed by atoms with van der Waals surface area (Å²) in [5, 5.41) is 0. The van der Waals surface area contributed by atoms with E-state index in [0.29, 0.717) is 25.0 Å². The van der Waals surface area contributed by atoms with Crippen molar-refractivity contribution in [2.24, 2.45) is 5.92 Å². The van der Waals surface area contributed by atoms with E-state index in [9.17, 15) is 4.79 Å². The van der Waals surface area contributed by atoms with Gasteiger partial charge in [-0.2, -0.15) is 0 Å². The topological polar surface area (TPSA) is 38.8 Å².